The summed E-state index contributed by atoms with van der Waals surface area (Å²) in [5.41, 5.74) is 0. The number of aliphatic hydroxyl groups is 1. The molecule has 0 bridgehead atoms. The summed E-state index contributed by atoms with van der Waals surface area (Å²) in [6.45, 7) is 5.75. The largest absolute Gasteiger partial charge is 0.393 e. The monoisotopic (exact) mass is 250 g/mol. The first-order valence-corrected chi connectivity index (χ1v) is 7.56. The second-order valence-electron chi connectivity index (χ2n) is 4.90. The fourth-order valence-electron chi connectivity index (χ4n) is 1.83. The second kappa shape index (κ2) is 14.3. The zero-order chi connectivity index (χ0) is 13.5. The van der Waals surface area contributed by atoms with Crippen molar-refractivity contribution in [2.75, 3.05) is 0 Å². The van der Waals surface area contributed by atoms with Gasteiger partial charge in [-0.1, -0.05) is 32.3 Å². The van der Waals surface area contributed by atoms with Crippen LogP contribution in [0.15, 0.2) is 12.7 Å². The van der Waals surface area contributed by atoms with Crippen molar-refractivity contribution in [3.8, 4) is 11.8 Å². The summed E-state index contributed by atoms with van der Waals surface area (Å²) in [4.78, 5) is 0. The lowest BCUT2D eigenvalue weighted by Gasteiger charge is -2.05. The molecule has 0 saturated carbocycles. The lowest BCUT2D eigenvalue weighted by atomic mass is 10.1. The first-order chi connectivity index (χ1) is 8.81. The van der Waals surface area contributed by atoms with Gasteiger partial charge in [0.15, 0.2) is 0 Å². The van der Waals surface area contributed by atoms with Gasteiger partial charge in [-0.25, -0.2) is 0 Å². The maximum absolute atomic E-state index is 9.39. The van der Waals surface area contributed by atoms with Gasteiger partial charge in [0.2, 0.25) is 0 Å². The maximum Gasteiger partial charge on any atom is 0.0537 e. The number of aliphatic hydroxyl groups excluding tert-OH is 1. The van der Waals surface area contributed by atoms with Crippen molar-refractivity contribution in [2.45, 2.75) is 83.7 Å². The van der Waals surface area contributed by atoms with E-state index in [0.717, 1.165) is 38.5 Å². The van der Waals surface area contributed by atoms with Gasteiger partial charge in [-0.05, 0) is 38.5 Å². The molecule has 1 nitrogen and oxygen atoms in total. The summed E-state index contributed by atoms with van der Waals surface area (Å²) in [5, 5.41) is 9.39. The number of unbranched alkanes of at least 4 members (excludes halogenated alkanes) is 7. The van der Waals surface area contributed by atoms with Gasteiger partial charge >= 0.3 is 0 Å². The molecule has 0 heterocycles. The van der Waals surface area contributed by atoms with E-state index in [0.29, 0.717) is 0 Å². The zero-order valence-corrected chi connectivity index (χ0v) is 12.1. The van der Waals surface area contributed by atoms with E-state index >= 15 is 0 Å². The Bertz CT molecular complexity index is 234. The molecule has 0 saturated heterocycles. The van der Waals surface area contributed by atoms with Gasteiger partial charge in [0.1, 0.15) is 0 Å². The van der Waals surface area contributed by atoms with E-state index in [2.05, 4.69) is 18.4 Å². The molecule has 1 N–H and O–H groups in total. The minimum atomic E-state index is -0.0911. The third-order valence-electron chi connectivity index (χ3n) is 3.15. The van der Waals surface area contributed by atoms with Crippen molar-refractivity contribution in [1.82, 2.24) is 0 Å². The molecule has 0 unspecified atom stereocenters. The molecular weight excluding hydrogens is 220 g/mol. The quantitative estimate of drug-likeness (QED) is 0.316. The van der Waals surface area contributed by atoms with Crippen LogP contribution in [0.1, 0.15) is 77.6 Å². The average molecular weight is 250 g/mol. The molecule has 18 heavy (non-hydrogen) atoms. The summed E-state index contributed by atoms with van der Waals surface area (Å²) in [7, 11) is 0. The molecule has 0 fully saturated rings. The molecule has 0 radical (unpaired) electrons. The smallest absolute Gasteiger partial charge is 0.0537 e. The minimum absolute atomic E-state index is 0.0911. The molecular formula is C17H30O. The van der Waals surface area contributed by atoms with Crippen LogP contribution in [-0.2, 0) is 0 Å². The fraction of sp³-hybridized carbons (Fsp3) is 0.765. The molecule has 1 atom stereocenters. The summed E-state index contributed by atoms with van der Waals surface area (Å²) >= 11 is 0. The number of hydrogen-bond acceptors (Lipinski definition) is 1. The third-order valence-corrected chi connectivity index (χ3v) is 3.15. The normalized spacial score (nSPS) is 11.7. The predicted octanol–water partition coefficient (Wildman–Crippen LogP) is 4.85. The van der Waals surface area contributed by atoms with E-state index in [-0.39, 0.29) is 6.10 Å². The average Bonchev–Trinajstić information content (AvgIpc) is 2.39. The predicted molar refractivity (Wildman–Crippen MR) is 80.4 cm³/mol. The highest BCUT2D eigenvalue weighted by atomic mass is 16.3. The van der Waals surface area contributed by atoms with Crippen molar-refractivity contribution < 1.29 is 5.11 Å². The molecule has 0 amide bonds. The van der Waals surface area contributed by atoms with Crippen LogP contribution in [0.4, 0.5) is 0 Å². The fourth-order valence-corrected chi connectivity index (χ4v) is 1.83. The van der Waals surface area contributed by atoms with Crippen LogP contribution in [0.2, 0.25) is 0 Å². The number of rotatable bonds is 11. The third kappa shape index (κ3) is 13.3. The van der Waals surface area contributed by atoms with Crippen LogP contribution in [-0.4, -0.2) is 11.2 Å². The topological polar surface area (TPSA) is 20.2 Å². The molecule has 0 spiro atoms. The molecule has 104 valence electrons. The zero-order valence-electron chi connectivity index (χ0n) is 12.1. The molecule has 0 aliphatic carbocycles. The molecule has 0 aromatic heterocycles. The van der Waals surface area contributed by atoms with Gasteiger partial charge in [-0.3, -0.25) is 0 Å². The highest BCUT2D eigenvalue weighted by Gasteiger charge is 1.98. The Hall–Kier alpha value is -0.740. The Morgan fingerprint density at radius 2 is 1.61 bits per heavy atom. The summed E-state index contributed by atoms with van der Waals surface area (Å²) in [5.74, 6) is 6.49. The highest BCUT2D eigenvalue weighted by Crippen LogP contribution is 2.07. The summed E-state index contributed by atoms with van der Waals surface area (Å²) in [6.07, 6.45) is 14.2. The van der Waals surface area contributed by atoms with Crippen LogP contribution in [0.3, 0.4) is 0 Å². The van der Waals surface area contributed by atoms with Crippen molar-refractivity contribution in [3.63, 3.8) is 0 Å². The standard InChI is InChI=1S/C17H30O/c1-3-5-6-7-8-9-10-11-12-13-14-15-16-17(18)4-2/h3,17-18H,1,4-9,12-16H2,2H3/t17-/m1/s1. The second-order valence-corrected chi connectivity index (χ2v) is 4.90. The van der Waals surface area contributed by atoms with Crippen molar-refractivity contribution >= 4 is 0 Å². The molecule has 1 heteroatoms. The van der Waals surface area contributed by atoms with Gasteiger partial charge in [-0.15, -0.1) is 18.4 Å². The molecule has 0 rings (SSSR count). The van der Waals surface area contributed by atoms with Crippen LogP contribution in [0, 0.1) is 11.8 Å². The lowest BCUT2D eigenvalue weighted by Crippen LogP contribution is -2.03. The van der Waals surface area contributed by atoms with Gasteiger partial charge < -0.3 is 5.11 Å². The van der Waals surface area contributed by atoms with E-state index in [4.69, 9.17) is 0 Å². The SMILES string of the molecule is C=CCCCCCC#CCCCCC[C@H](O)CC. The van der Waals surface area contributed by atoms with Crippen LogP contribution in [0.25, 0.3) is 0 Å². The Morgan fingerprint density at radius 3 is 2.17 bits per heavy atom. The van der Waals surface area contributed by atoms with Gasteiger partial charge in [0.05, 0.1) is 6.10 Å². The first-order valence-electron chi connectivity index (χ1n) is 7.56. The van der Waals surface area contributed by atoms with E-state index in [1.165, 1.54) is 32.1 Å². The summed E-state index contributed by atoms with van der Waals surface area (Å²) < 4.78 is 0. The lowest BCUT2D eigenvalue weighted by molar-refractivity contribution is 0.156. The van der Waals surface area contributed by atoms with E-state index < -0.39 is 0 Å². The van der Waals surface area contributed by atoms with Crippen LogP contribution < -0.4 is 0 Å². The first kappa shape index (κ1) is 17.3. The molecule has 0 aromatic rings. The molecule has 0 aliphatic heterocycles. The van der Waals surface area contributed by atoms with Crippen LogP contribution in [0.5, 0.6) is 0 Å². The number of allylic oxidation sites excluding steroid dienone is 1. The number of hydrogen-bond donors (Lipinski definition) is 1. The van der Waals surface area contributed by atoms with Crippen molar-refractivity contribution in [1.29, 1.82) is 0 Å². The minimum Gasteiger partial charge on any atom is -0.393 e. The maximum atomic E-state index is 9.39. The van der Waals surface area contributed by atoms with Gasteiger partial charge in [-0.2, -0.15) is 0 Å². The van der Waals surface area contributed by atoms with Crippen molar-refractivity contribution in [2.24, 2.45) is 0 Å². The molecule has 0 aromatic carbocycles. The molecule has 0 aliphatic rings. The Kier molecular flexibility index (Phi) is 13.7. The summed E-state index contributed by atoms with van der Waals surface area (Å²) in [6, 6.07) is 0. The van der Waals surface area contributed by atoms with E-state index in [9.17, 15) is 5.11 Å². The van der Waals surface area contributed by atoms with Crippen LogP contribution >= 0.6 is 0 Å². The Balaban J connectivity index is 3.16. The Morgan fingerprint density at radius 1 is 1.00 bits per heavy atom. The van der Waals surface area contributed by atoms with Gasteiger partial charge in [0.25, 0.3) is 0 Å². The van der Waals surface area contributed by atoms with Gasteiger partial charge in [0, 0.05) is 12.8 Å². The van der Waals surface area contributed by atoms with E-state index in [1.54, 1.807) is 0 Å². The highest BCUT2D eigenvalue weighted by molar-refractivity contribution is 4.98. The Labute approximate surface area is 114 Å². The van der Waals surface area contributed by atoms with E-state index in [1.807, 2.05) is 13.0 Å². The van der Waals surface area contributed by atoms with Crippen molar-refractivity contribution in [3.05, 3.63) is 12.7 Å².